The predicted octanol–water partition coefficient (Wildman–Crippen LogP) is 4.00. The highest BCUT2D eigenvalue weighted by Gasteiger charge is 2.11. The molecule has 0 bridgehead atoms. The van der Waals surface area contributed by atoms with Crippen LogP contribution in [-0.2, 0) is 6.54 Å². The van der Waals surface area contributed by atoms with E-state index in [4.69, 9.17) is 0 Å². The van der Waals surface area contributed by atoms with Crippen molar-refractivity contribution in [2.24, 2.45) is 0 Å². The van der Waals surface area contributed by atoms with Gasteiger partial charge in [0.15, 0.2) is 5.78 Å². The van der Waals surface area contributed by atoms with E-state index in [9.17, 15) is 4.79 Å². The molecular formula is C19H22N2O. The van der Waals surface area contributed by atoms with Crippen LogP contribution < -0.4 is 5.32 Å². The second-order valence-corrected chi connectivity index (χ2v) is 6.07. The van der Waals surface area contributed by atoms with Gasteiger partial charge in [0, 0.05) is 46.5 Å². The lowest BCUT2D eigenvalue weighted by atomic mass is 10.1. The SMILES string of the molecule is CC(=O)c1ccc2c(c1)c1ccccc1n2CCNC(C)C. The van der Waals surface area contributed by atoms with Crippen LogP contribution in [0.1, 0.15) is 31.1 Å². The minimum absolute atomic E-state index is 0.111. The van der Waals surface area contributed by atoms with Crippen LogP contribution in [0.2, 0.25) is 0 Å². The smallest absolute Gasteiger partial charge is 0.159 e. The number of rotatable bonds is 5. The van der Waals surface area contributed by atoms with E-state index in [0.29, 0.717) is 6.04 Å². The summed E-state index contributed by atoms with van der Waals surface area (Å²) in [6.07, 6.45) is 0. The number of para-hydroxylation sites is 1. The van der Waals surface area contributed by atoms with Crippen molar-refractivity contribution in [3.05, 3.63) is 48.0 Å². The Bertz CT molecular complexity index is 830. The predicted molar refractivity (Wildman–Crippen MR) is 92.6 cm³/mol. The molecule has 22 heavy (non-hydrogen) atoms. The second-order valence-electron chi connectivity index (χ2n) is 6.07. The Kier molecular flexibility index (Phi) is 3.99. The summed E-state index contributed by atoms with van der Waals surface area (Å²) < 4.78 is 2.34. The van der Waals surface area contributed by atoms with E-state index in [1.54, 1.807) is 6.92 Å². The highest BCUT2D eigenvalue weighted by atomic mass is 16.1. The molecule has 1 N–H and O–H groups in total. The van der Waals surface area contributed by atoms with Gasteiger partial charge in [0.05, 0.1) is 0 Å². The van der Waals surface area contributed by atoms with Crippen LogP contribution in [0.15, 0.2) is 42.5 Å². The standard InChI is InChI=1S/C19H22N2O/c1-13(2)20-10-11-21-18-7-5-4-6-16(18)17-12-15(14(3)22)8-9-19(17)21/h4-9,12-13,20H,10-11H2,1-3H3. The number of hydrogen-bond donors (Lipinski definition) is 1. The number of benzene rings is 2. The molecule has 0 saturated heterocycles. The first-order valence-corrected chi connectivity index (χ1v) is 7.83. The van der Waals surface area contributed by atoms with Crippen molar-refractivity contribution in [3.8, 4) is 0 Å². The van der Waals surface area contributed by atoms with Gasteiger partial charge < -0.3 is 9.88 Å². The molecule has 0 spiro atoms. The Morgan fingerprint density at radius 1 is 1.09 bits per heavy atom. The second kappa shape index (κ2) is 5.93. The summed E-state index contributed by atoms with van der Waals surface area (Å²) >= 11 is 0. The van der Waals surface area contributed by atoms with Gasteiger partial charge in [-0.25, -0.2) is 0 Å². The van der Waals surface area contributed by atoms with Crippen molar-refractivity contribution in [2.75, 3.05) is 6.54 Å². The number of ketones is 1. The molecule has 0 aliphatic carbocycles. The highest BCUT2D eigenvalue weighted by Crippen LogP contribution is 2.29. The quantitative estimate of drug-likeness (QED) is 0.722. The van der Waals surface area contributed by atoms with Gasteiger partial charge in [0.2, 0.25) is 0 Å². The van der Waals surface area contributed by atoms with Gasteiger partial charge in [-0.2, -0.15) is 0 Å². The van der Waals surface area contributed by atoms with Gasteiger partial charge in [-0.15, -0.1) is 0 Å². The third kappa shape index (κ3) is 2.64. The van der Waals surface area contributed by atoms with Gasteiger partial charge in [-0.1, -0.05) is 32.0 Å². The average Bonchev–Trinajstić information content (AvgIpc) is 2.81. The number of carbonyl (C=O) groups is 1. The molecule has 1 aromatic heterocycles. The molecule has 3 heteroatoms. The van der Waals surface area contributed by atoms with Crippen LogP contribution in [0.5, 0.6) is 0 Å². The average molecular weight is 294 g/mol. The summed E-state index contributed by atoms with van der Waals surface area (Å²) in [7, 11) is 0. The van der Waals surface area contributed by atoms with Gasteiger partial charge in [-0.3, -0.25) is 4.79 Å². The Hall–Kier alpha value is -2.13. The van der Waals surface area contributed by atoms with Crippen LogP contribution >= 0.6 is 0 Å². The van der Waals surface area contributed by atoms with Gasteiger partial charge in [-0.05, 0) is 31.2 Å². The monoisotopic (exact) mass is 294 g/mol. The van der Waals surface area contributed by atoms with Crippen molar-refractivity contribution in [3.63, 3.8) is 0 Å². The third-order valence-corrected chi connectivity index (χ3v) is 4.07. The zero-order chi connectivity index (χ0) is 15.7. The minimum Gasteiger partial charge on any atom is -0.339 e. The molecular weight excluding hydrogens is 272 g/mol. The van der Waals surface area contributed by atoms with E-state index in [-0.39, 0.29) is 5.78 Å². The lowest BCUT2D eigenvalue weighted by Crippen LogP contribution is -2.26. The molecule has 0 saturated carbocycles. The first kappa shape index (κ1) is 14.8. The summed E-state index contributed by atoms with van der Waals surface area (Å²) in [5.41, 5.74) is 3.19. The van der Waals surface area contributed by atoms with Crippen LogP contribution in [0.25, 0.3) is 21.8 Å². The molecule has 3 aromatic rings. The number of Topliss-reactive ketones (excluding diaryl/α,β-unsaturated/α-hetero) is 1. The summed E-state index contributed by atoms with van der Waals surface area (Å²) in [5, 5.41) is 5.84. The highest BCUT2D eigenvalue weighted by molar-refractivity contribution is 6.10. The van der Waals surface area contributed by atoms with Crippen molar-refractivity contribution in [2.45, 2.75) is 33.4 Å². The lowest BCUT2D eigenvalue weighted by molar-refractivity contribution is 0.101. The van der Waals surface area contributed by atoms with Gasteiger partial charge in [0.1, 0.15) is 0 Å². The summed E-state index contributed by atoms with van der Waals surface area (Å²) in [4.78, 5) is 11.7. The Morgan fingerprint density at radius 3 is 2.55 bits per heavy atom. The number of carbonyl (C=O) groups excluding carboxylic acids is 1. The minimum atomic E-state index is 0.111. The van der Waals surface area contributed by atoms with Crippen LogP contribution in [0.4, 0.5) is 0 Å². The normalized spacial score (nSPS) is 11.6. The van der Waals surface area contributed by atoms with E-state index >= 15 is 0 Å². The third-order valence-electron chi connectivity index (χ3n) is 4.07. The van der Waals surface area contributed by atoms with E-state index in [0.717, 1.165) is 24.0 Å². The maximum absolute atomic E-state index is 11.7. The number of nitrogens with one attached hydrogen (secondary N) is 1. The molecule has 0 aliphatic rings. The largest absolute Gasteiger partial charge is 0.339 e. The van der Waals surface area contributed by atoms with Crippen LogP contribution in [0, 0.1) is 0 Å². The van der Waals surface area contributed by atoms with Gasteiger partial charge in [0.25, 0.3) is 0 Å². The molecule has 114 valence electrons. The van der Waals surface area contributed by atoms with E-state index in [2.05, 4.69) is 54.1 Å². The number of nitrogens with zero attached hydrogens (tertiary/aromatic N) is 1. The van der Waals surface area contributed by atoms with E-state index in [1.165, 1.54) is 16.4 Å². The van der Waals surface area contributed by atoms with Gasteiger partial charge >= 0.3 is 0 Å². The molecule has 1 heterocycles. The molecule has 3 nitrogen and oxygen atoms in total. The fourth-order valence-corrected chi connectivity index (χ4v) is 2.98. The number of hydrogen-bond acceptors (Lipinski definition) is 2. The summed E-state index contributed by atoms with van der Waals surface area (Å²) in [5.74, 6) is 0.111. The zero-order valence-electron chi connectivity index (χ0n) is 13.4. The van der Waals surface area contributed by atoms with Crippen molar-refractivity contribution < 1.29 is 4.79 Å². The molecule has 0 atom stereocenters. The maximum Gasteiger partial charge on any atom is 0.159 e. The molecule has 2 aromatic carbocycles. The lowest BCUT2D eigenvalue weighted by Gasteiger charge is -2.11. The first-order chi connectivity index (χ1) is 10.6. The first-order valence-electron chi connectivity index (χ1n) is 7.83. The van der Waals surface area contributed by atoms with Crippen molar-refractivity contribution >= 4 is 27.6 Å². The van der Waals surface area contributed by atoms with Crippen molar-refractivity contribution in [1.82, 2.24) is 9.88 Å². The molecule has 0 radical (unpaired) electrons. The molecule has 0 fully saturated rings. The number of aromatic nitrogens is 1. The van der Waals surface area contributed by atoms with E-state index in [1.807, 2.05) is 12.1 Å². The maximum atomic E-state index is 11.7. The Labute approximate surface area is 130 Å². The van der Waals surface area contributed by atoms with Crippen LogP contribution in [0.3, 0.4) is 0 Å². The Morgan fingerprint density at radius 2 is 1.82 bits per heavy atom. The number of fused-ring (bicyclic) bond motifs is 3. The molecule has 0 unspecified atom stereocenters. The fourth-order valence-electron chi connectivity index (χ4n) is 2.98. The summed E-state index contributed by atoms with van der Waals surface area (Å²) in [6.45, 7) is 7.78. The fraction of sp³-hybridized carbons (Fsp3) is 0.316. The van der Waals surface area contributed by atoms with Crippen LogP contribution in [-0.4, -0.2) is 22.9 Å². The molecule has 0 aliphatic heterocycles. The van der Waals surface area contributed by atoms with E-state index < -0.39 is 0 Å². The molecule has 0 amide bonds. The topological polar surface area (TPSA) is 34.0 Å². The Balaban J connectivity index is 2.14. The van der Waals surface area contributed by atoms with Crippen molar-refractivity contribution in [1.29, 1.82) is 0 Å². The summed E-state index contributed by atoms with van der Waals surface area (Å²) in [6, 6.07) is 14.9. The zero-order valence-corrected chi connectivity index (χ0v) is 13.4. The molecule has 3 rings (SSSR count).